The second kappa shape index (κ2) is 6.49. The zero-order valence-corrected chi connectivity index (χ0v) is 12.0. The van der Waals surface area contributed by atoms with Crippen LogP contribution in [0.4, 0.5) is 0 Å². The van der Waals surface area contributed by atoms with Gasteiger partial charge in [0, 0.05) is 11.2 Å². The Morgan fingerprint density at radius 1 is 1.35 bits per heavy atom. The summed E-state index contributed by atoms with van der Waals surface area (Å²) in [6, 6.07) is 9.40. The third-order valence-corrected chi connectivity index (χ3v) is 3.36. The van der Waals surface area contributed by atoms with Crippen LogP contribution >= 0.6 is 0 Å². The highest BCUT2D eigenvalue weighted by Gasteiger charge is 2.16. The monoisotopic (exact) mass is 290 g/mol. The zero-order valence-electron chi connectivity index (χ0n) is 11.2. The third-order valence-electron chi connectivity index (χ3n) is 2.65. The van der Waals surface area contributed by atoms with Crippen molar-refractivity contribution >= 4 is 17.1 Å². The Balaban J connectivity index is 2.06. The Morgan fingerprint density at radius 3 is 2.65 bits per heavy atom. The summed E-state index contributed by atoms with van der Waals surface area (Å²) in [5, 5.41) is 0.210. The van der Waals surface area contributed by atoms with Crippen molar-refractivity contribution in [1.82, 2.24) is 9.97 Å². The maximum absolute atomic E-state index is 11.9. The van der Waals surface area contributed by atoms with Gasteiger partial charge in [-0.2, -0.15) is 9.97 Å². The van der Waals surface area contributed by atoms with E-state index in [-0.39, 0.29) is 17.3 Å². The molecule has 104 valence electrons. The fourth-order valence-electron chi connectivity index (χ4n) is 1.59. The van der Waals surface area contributed by atoms with Crippen LogP contribution in [0, 0.1) is 6.92 Å². The minimum Gasteiger partial charge on any atom is -0.609 e. The molecule has 0 saturated carbocycles. The van der Waals surface area contributed by atoms with Crippen LogP contribution in [0.5, 0.6) is 0 Å². The van der Waals surface area contributed by atoms with Crippen LogP contribution in [-0.2, 0) is 22.5 Å². The summed E-state index contributed by atoms with van der Waals surface area (Å²) in [7, 11) is 0. The number of rotatable bonds is 4. The van der Waals surface area contributed by atoms with Crippen molar-refractivity contribution < 1.29 is 14.1 Å². The van der Waals surface area contributed by atoms with E-state index in [2.05, 4.69) is 9.97 Å². The standard InChI is InChI=1S/C14H14N2O3S/c1-10-12(8-15-14(16-10)20(2)18)13(17)19-9-11-6-4-3-5-7-11/h3-8H,9H2,1-2H3. The van der Waals surface area contributed by atoms with Crippen LogP contribution in [-0.4, -0.2) is 26.7 Å². The predicted octanol–water partition coefficient (Wildman–Crippen LogP) is 1.88. The van der Waals surface area contributed by atoms with Crippen LogP contribution in [0.25, 0.3) is 0 Å². The molecule has 1 aromatic heterocycles. The van der Waals surface area contributed by atoms with Crippen molar-refractivity contribution in [2.45, 2.75) is 18.7 Å². The molecule has 0 N–H and O–H groups in total. The molecule has 1 aromatic carbocycles. The molecule has 1 atom stereocenters. The van der Waals surface area contributed by atoms with Gasteiger partial charge < -0.3 is 9.29 Å². The SMILES string of the molecule is Cc1nc([S+](C)[O-])ncc1C(=O)OCc1ccccc1. The van der Waals surface area contributed by atoms with Crippen molar-refractivity contribution in [2.24, 2.45) is 0 Å². The number of benzene rings is 1. The van der Waals surface area contributed by atoms with Gasteiger partial charge in [-0.3, -0.25) is 0 Å². The average molecular weight is 290 g/mol. The van der Waals surface area contributed by atoms with Crippen molar-refractivity contribution in [1.29, 1.82) is 0 Å². The van der Waals surface area contributed by atoms with E-state index in [9.17, 15) is 9.35 Å². The van der Waals surface area contributed by atoms with Crippen molar-refractivity contribution in [3.63, 3.8) is 0 Å². The van der Waals surface area contributed by atoms with E-state index in [0.717, 1.165) is 5.56 Å². The van der Waals surface area contributed by atoms with Gasteiger partial charge in [0.2, 0.25) is 0 Å². The second-order valence-electron chi connectivity index (χ2n) is 4.17. The summed E-state index contributed by atoms with van der Waals surface area (Å²) in [4.78, 5) is 19.9. The Labute approximate surface area is 120 Å². The summed E-state index contributed by atoms with van der Waals surface area (Å²) in [6.07, 6.45) is 2.84. The van der Waals surface area contributed by atoms with Gasteiger partial charge in [0.25, 0.3) is 0 Å². The minimum atomic E-state index is -1.27. The lowest BCUT2D eigenvalue weighted by Crippen LogP contribution is -2.12. The van der Waals surface area contributed by atoms with Gasteiger partial charge in [0.1, 0.15) is 12.9 Å². The van der Waals surface area contributed by atoms with Gasteiger partial charge in [-0.25, -0.2) is 4.79 Å². The molecule has 2 rings (SSSR count). The number of aryl methyl sites for hydroxylation is 1. The molecular formula is C14H14N2O3S. The Hall–Kier alpha value is -1.92. The van der Waals surface area contributed by atoms with Crippen LogP contribution in [0.2, 0.25) is 0 Å². The first-order valence-electron chi connectivity index (χ1n) is 5.96. The molecule has 1 heterocycles. The fraction of sp³-hybridized carbons (Fsp3) is 0.214. The van der Waals surface area contributed by atoms with E-state index in [1.54, 1.807) is 6.92 Å². The molecule has 0 radical (unpaired) electrons. The van der Waals surface area contributed by atoms with Gasteiger partial charge in [0.05, 0.1) is 17.5 Å². The number of carbonyl (C=O) groups is 1. The first-order chi connectivity index (χ1) is 9.58. The molecule has 0 fully saturated rings. The van der Waals surface area contributed by atoms with E-state index in [0.29, 0.717) is 5.69 Å². The van der Waals surface area contributed by atoms with Gasteiger partial charge in [-0.05, 0) is 12.5 Å². The summed E-state index contributed by atoms with van der Waals surface area (Å²) >= 11 is -1.27. The Morgan fingerprint density at radius 2 is 2.05 bits per heavy atom. The predicted molar refractivity (Wildman–Crippen MR) is 74.7 cm³/mol. The maximum atomic E-state index is 11.9. The molecule has 5 nitrogen and oxygen atoms in total. The van der Waals surface area contributed by atoms with Crippen LogP contribution in [0.15, 0.2) is 41.7 Å². The summed E-state index contributed by atoms with van der Waals surface area (Å²) in [5.74, 6) is -0.486. The fourth-order valence-corrected chi connectivity index (χ4v) is 2.05. The second-order valence-corrected chi connectivity index (χ2v) is 5.44. The molecule has 0 spiro atoms. The normalized spacial score (nSPS) is 11.9. The third kappa shape index (κ3) is 3.55. The molecule has 0 aliphatic rings. The van der Waals surface area contributed by atoms with Gasteiger partial charge in [-0.1, -0.05) is 30.3 Å². The van der Waals surface area contributed by atoms with E-state index < -0.39 is 17.1 Å². The first-order valence-corrected chi connectivity index (χ1v) is 7.52. The largest absolute Gasteiger partial charge is 0.609 e. The zero-order chi connectivity index (χ0) is 14.5. The van der Waals surface area contributed by atoms with E-state index >= 15 is 0 Å². The lowest BCUT2D eigenvalue weighted by Gasteiger charge is -2.08. The quantitative estimate of drug-likeness (QED) is 0.488. The molecule has 0 aliphatic heterocycles. The molecule has 0 aliphatic carbocycles. The average Bonchev–Trinajstić information content (AvgIpc) is 2.45. The molecule has 0 amide bonds. The number of hydrogen-bond acceptors (Lipinski definition) is 5. The van der Waals surface area contributed by atoms with Crippen LogP contribution in [0.1, 0.15) is 21.6 Å². The first kappa shape index (κ1) is 14.5. The van der Waals surface area contributed by atoms with E-state index in [1.165, 1.54) is 12.5 Å². The lowest BCUT2D eigenvalue weighted by atomic mass is 10.2. The molecule has 0 bridgehead atoms. The van der Waals surface area contributed by atoms with E-state index in [4.69, 9.17) is 4.74 Å². The highest BCUT2D eigenvalue weighted by molar-refractivity contribution is 7.90. The number of hydrogen-bond donors (Lipinski definition) is 0. The highest BCUT2D eigenvalue weighted by atomic mass is 32.2. The maximum Gasteiger partial charge on any atom is 0.342 e. The lowest BCUT2D eigenvalue weighted by molar-refractivity contribution is 0.0470. The summed E-state index contributed by atoms with van der Waals surface area (Å²) in [6.45, 7) is 1.86. The topological polar surface area (TPSA) is 75.1 Å². The van der Waals surface area contributed by atoms with Crippen molar-refractivity contribution in [3.8, 4) is 0 Å². The summed E-state index contributed by atoms with van der Waals surface area (Å²) < 4.78 is 16.5. The molecular weight excluding hydrogens is 276 g/mol. The number of nitrogens with zero attached hydrogens (tertiary/aromatic N) is 2. The molecule has 2 aromatic rings. The Bertz CT molecular complexity index is 603. The smallest absolute Gasteiger partial charge is 0.342 e. The minimum absolute atomic E-state index is 0.195. The highest BCUT2D eigenvalue weighted by Crippen LogP contribution is 2.10. The number of aromatic nitrogens is 2. The van der Waals surface area contributed by atoms with Gasteiger partial charge in [0.15, 0.2) is 0 Å². The van der Waals surface area contributed by atoms with Gasteiger partial charge >= 0.3 is 11.1 Å². The molecule has 1 unspecified atom stereocenters. The van der Waals surface area contributed by atoms with Crippen molar-refractivity contribution in [2.75, 3.05) is 6.26 Å². The summed E-state index contributed by atoms with van der Waals surface area (Å²) in [5.41, 5.74) is 1.66. The van der Waals surface area contributed by atoms with Crippen molar-refractivity contribution in [3.05, 3.63) is 53.3 Å². The molecule has 0 saturated heterocycles. The molecule has 6 heteroatoms. The number of carbonyl (C=O) groups excluding carboxylic acids is 1. The van der Waals surface area contributed by atoms with Gasteiger partial charge in [-0.15, -0.1) is 0 Å². The number of ether oxygens (including phenoxy) is 1. The Kier molecular flexibility index (Phi) is 4.70. The molecule has 20 heavy (non-hydrogen) atoms. The van der Waals surface area contributed by atoms with E-state index in [1.807, 2.05) is 30.3 Å². The van der Waals surface area contributed by atoms with Crippen LogP contribution in [0.3, 0.4) is 0 Å². The van der Waals surface area contributed by atoms with Crippen LogP contribution < -0.4 is 0 Å². The number of esters is 1.